The molecule has 2 heterocycles. The van der Waals surface area contributed by atoms with Gasteiger partial charge in [-0.25, -0.2) is 14.1 Å². The van der Waals surface area contributed by atoms with E-state index >= 15 is 0 Å². The van der Waals surface area contributed by atoms with Crippen molar-refractivity contribution >= 4 is 40.8 Å². The fourth-order valence-corrected chi connectivity index (χ4v) is 3.57. The number of hydrogen-bond donors (Lipinski definition) is 3. The standard InChI is InChI=1S/C21H18Cl2F4N6O3/c1-32(19(35)16-15(23)6-11(22)7-29-16)10-20(36,21(25,26)27)9-30-18(34)14-8-31-33(17(14)28)13-4-2-12(24)3-5-13/h2-8,36H,9-10,28H2,1H3,(H,30,34). The molecule has 0 fully saturated rings. The number of carbonyl (C=O) groups is 2. The highest BCUT2D eigenvalue weighted by Crippen LogP contribution is 2.31. The van der Waals surface area contributed by atoms with Crippen LogP contribution in [0.3, 0.4) is 0 Å². The molecule has 0 aliphatic rings. The number of aromatic nitrogens is 3. The monoisotopic (exact) mass is 548 g/mol. The van der Waals surface area contributed by atoms with Crippen molar-refractivity contribution in [1.29, 1.82) is 0 Å². The summed E-state index contributed by atoms with van der Waals surface area (Å²) in [4.78, 5) is 29.4. The summed E-state index contributed by atoms with van der Waals surface area (Å²) in [6.07, 6.45) is -3.17. The Morgan fingerprint density at radius 3 is 2.42 bits per heavy atom. The van der Waals surface area contributed by atoms with Crippen molar-refractivity contribution in [2.75, 3.05) is 25.9 Å². The maximum atomic E-state index is 13.8. The second-order valence-electron chi connectivity index (χ2n) is 7.69. The van der Waals surface area contributed by atoms with Gasteiger partial charge in [0.25, 0.3) is 11.8 Å². The summed E-state index contributed by atoms with van der Waals surface area (Å²) in [6, 6.07) is 6.10. The van der Waals surface area contributed by atoms with E-state index < -0.39 is 42.5 Å². The van der Waals surface area contributed by atoms with Gasteiger partial charge in [0.15, 0.2) is 5.60 Å². The van der Waals surface area contributed by atoms with E-state index in [0.717, 1.165) is 36.3 Å². The maximum absolute atomic E-state index is 13.8. The van der Waals surface area contributed by atoms with Crippen molar-refractivity contribution in [3.63, 3.8) is 0 Å². The Morgan fingerprint density at radius 1 is 1.19 bits per heavy atom. The molecule has 9 nitrogen and oxygen atoms in total. The summed E-state index contributed by atoms with van der Waals surface area (Å²) in [6.45, 7) is -2.59. The quantitative estimate of drug-likeness (QED) is 0.389. The van der Waals surface area contributed by atoms with E-state index in [0.29, 0.717) is 10.6 Å². The zero-order valence-electron chi connectivity index (χ0n) is 18.4. The van der Waals surface area contributed by atoms with Crippen molar-refractivity contribution in [3.05, 3.63) is 69.8 Å². The van der Waals surface area contributed by atoms with Crippen LogP contribution in [-0.2, 0) is 0 Å². The van der Waals surface area contributed by atoms with Gasteiger partial charge in [0.05, 0.1) is 35.0 Å². The zero-order chi connectivity index (χ0) is 26.8. The molecular formula is C21H18Cl2F4N6O3. The van der Waals surface area contributed by atoms with Gasteiger partial charge in [0, 0.05) is 13.2 Å². The molecule has 2 amide bonds. The number of carbonyl (C=O) groups excluding carboxylic acids is 2. The Kier molecular flexibility index (Phi) is 7.76. The van der Waals surface area contributed by atoms with E-state index in [1.807, 2.05) is 5.32 Å². The van der Waals surface area contributed by atoms with E-state index in [2.05, 4.69) is 10.1 Å². The number of benzene rings is 1. The first-order chi connectivity index (χ1) is 16.7. The summed E-state index contributed by atoms with van der Waals surface area (Å²) >= 11 is 11.6. The molecule has 1 unspecified atom stereocenters. The van der Waals surface area contributed by atoms with Crippen LogP contribution in [0.15, 0.2) is 42.7 Å². The number of nitrogens with zero attached hydrogens (tertiary/aromatic N) is 4. The summed E-state index contributed by atoms with van der Waals surface area (Å²) in [5, 5.41) is 16.2. The van der Waals surface area contributed by atoms with E-state index in [9.17, 15) is 32.3 Å². The van der Waals surface area contributed by atoms with E-state index in [1.165, 1.54) is 18.2 Å². The molecule has 0 saturated heterocycles. The third-order valence-corrected chi connectivity index (χ3v) is 5.54. The third-order valence-electron chi connectivity index (χ3n) is 5.05. The normalized spacial score (nSPS) is 13.2. The molecule has 0 radical (unpaired) electrons. The van der Waals surface area contributed by atoms with Gasteiger partial charge < -0.3 is 21.1 Å². The van der Waals surface area contributed by atoms with Crippen LogP contribution in [0, 0.1) is 5.82 Å². The van der Waals surface area contributed by atoms with Crippen molar-refractivity contribution in [1.82, 2.24) is 25.0 Å². The van der Waals surface area contributed by atoms with Crippen LogP contribution in [-0.4, -0.2) is 68.5 Å². The lowest BCUT2D eigenvalue weighted by Gasteiger charge is -2.34. The van der Waals surface area contributed by atoms with Crippen molar-refractivity contribution in [2.45, 2.75) is 11.8 Å². The molecule has 3 aromatic rings. The number of halogens is 6. The predicted octanol–water partition coefficient (Wildman–Crippen LogP) is 3.09. The summed E-state index contributed by atoms with van der Waals surface area (Å²) in [5.41, 5.74) is 1.98. The van der Waals surface area contributed by atoms with Crippen LogP contribution in [0.4, 0.5) is 23.4 Å². The van der Waals surface area contributed by atoms with Crippen LogP contribution in [0.25, 0.3) is 5.69 Å². The number of alkyl halides is 3. The Balaban J connectivity index is 1.76. The van der Waals surface area contributed by atoms with Gasteiger partial charge in [-0.3, -0.25) is 9.59 Å². The van der Waals surface area contributed by atoms with Gasteiger partial charge in [0.2, 0.25) is 0 Å². The highest BCUT2D eigenvalue weighted by atomic mass is 35.5. The average Bonchev–Trinajstić information content (AvgIpc) is 3.18. The van der Waals surface area contributed by atoms with Crippen LogP contribution in [0.2, 0.25) is 10.0 Å². The number of rotatable bonds is 7. The van der Waals surface area contributed by atoms with Crippen molar-refractivity contribution < 1.29 is 32.3 Å². The molecule has 0 spiro atoms. The highest BCUT2D eigenvalue weighted by Gasteiger charge is 2.55. The van der Waals surface area contributed by atoms with Crippen molar-refractivity contribution in [2.24, 2.45) is 0 Å². The number of aliphatic hydroxyl groups is 1. The maximum Gasteiger partial charge on any atom is 0.420 e. The largest absolute Gasteiger partial charge is 0.420 e. The molecule has 2 aromatic heterocycles. The Bertz CT molecular complexity index is 1290. The van der Waals surface area contributed by atoms with Gasteiger partial charge in [0.1, 0.15) is 22.9 Å². The second-order valence-corrected chi connectivity index (χ2v) is 8.53. The number of nitrogens with two attached hydrogens (primary N) is 1. The SMILES string of the molecule is CN(CC(O)(CNC(=O)c1cnn(-c2ccc(F)cc2)c1N)C(F)(F)F)C(=O)c1ncc(Cl)cc1Cl. The highest BCUT2D eigenvalue weighted by molar-refractivity contribution is 6.36. The number of anilines is 1. The Labute approximate surface area is 211 Å². The van der Waals surface area contributed by atoms with E-state index in [1.54, 1.807) is 0 Å². The lowest BCUT2D eigenvalue weighted by atomic mass is 10.0. The number of nitrogens with one attached hydrogen (secondary N) is 1. The number of amides is 2. The second kappa shape index (κ2) is 10.3. The number of hydrogen-bond acceptors (Lipinski definition) is 6. The minimum atomic E-state index is -5.25. The first-order valence-electron chi connectivity index (χ1n) is 9.97. The molecule has 4 N–H and O–H groups in total. The van der Waals surface area contributed by atoms with Crippen LogP contribution in [0.1, 0.15) is 20.8 Å². The van der Waals surface area contributed by atoms with Gasteiger partial charge in [-0.15, -0.1) is 0 Å². The van der Waals surface area contributed by atoms with E-state index in [4.69, 9.17) is 28.9 Å². The molecule has 192 valence electrons. The Morgan fingerprint density at radius 2 is 1.83 bits per heavy atom. The number of likely N-dealkylation sites (N-methyl/N-ethyl adjacent to an activating group) is 1. The zero-order valence-corrected chi connectivity index (χ0v) is 19.9. The topological polar surface area (TPSA) is 126 Å². The van der Waals surface area contributed by atoms with Gasteiger partial charge in [-0.05, 0) is 30.3 Å². The first kappa shape index (κ1) is 27.2. The first-order valence-corrected chi connectivity index (χ1v) is 10.7. The molecule has 0 aliphatic heterocycles. The van der Waals surface area contributed by atoms with Gasteiger partial charge in [-0.1, -0.05) is 23.2 Å². The summed E-state index contributed by atoms with van der Waals surface area (Å²) in [7, 11) is 0.998. The molecule has 0 bridgehead atoms. The van der Waals surface area contributed by atoms with Crippen LogP contribution >= 0.6 is 23.2 Å². The lowest BCUT2D eigenvalue weighted by Crippen LogP contribution is -2.60. The molecule has 0 saturated carbocycles. The summed E-state index contributed by atoms with van der Waals surface area (Å²) < 4.78 is 55.6. The minimum absolute atomic E-state index is 0.107. The van der Waals surface area contributed by atoms with E-state index in [-0.39, 0.29) is 27.1 Å². The fourth-order valence-electron chi connectivity index (χ4n) is 3.11. The molecule has 3 rings (SSSR count). The van der Waals surface area contributed by atoms with Gasteiger partial charge >= 0.3 is 6.18 Å². The lowest BCUT2D eigenvalue weighted by molar-refractivity contribution is -0.259. The summed E-state index contributed by atoms with van der Waals surface area (Å²) in [5.74, 6) is -2.84. The molecule has 15 heteroatoms. The number of pyridine rings is 1. The Hall–Kier alpha value is -3.42. The molecular weight excluding hydrogens is 531 g/mol. The predicted molar refractivity (Wildman–Crippen MR) is 122 cm³/mol. The number of nitrogen functional groups attached to an aromatic ring is 1. The van der Waals surface area contributed by atoms with Gasteiger partial charge in [-0.2, -0.15) is 18.3 Å². The average molecular weight is 549 g/mol. The van der Waals surface area contributed by atoms with Crippen LogP contribution in [0.5, 0.6) is 0 Å². The van der Waals surface area contributed by atoms with Crippen molar-refractivity contribution in [3.8, 4) is 5.69 Å². The molecule has 0 aliphatic carbocycles. The molecule has 1 atom stereocenters. The molecule has 36 heavy (non-hydrogen) atoms. The fraction of sp³-hybridized carbons (Fsp3) is 0.238. The minimum Gasteiger partial charge on any atom is -0.383 e. The molecule has 1 aromatic carbocycles. The smallest absolute Gasteiger partial charge is 0.383 e. The van der Waals surface area contributed by atoms with Crippen LogP contribution < -0.4 is 11.1 Å². The third kappa shape index (κ3) is 5.69.